The molecule has 0 unspecified atom stereocenters. The van der Waals surface area contributed by atoms with Crippen LogP contribution in [-0.4, -0.2) is 35.1 Å². The largest absolute Gasteiger partial charge is 0.497 e. The lowest BCUT2D eigenvalue weighted by Gasteiger charge is -2.18. The van der Waals surface area contributed by atoms with Gasteiger partial charge in [0.1, 0.15) is 11.5 Å². The fourth-order valence-electron chi connectivity index (χ4n) is 2.68. The summed E-state index contributed by atoms with van der Waals surface area (Å²) in [6.07, 6.45) is 0. The minimum Gasteiger partial charge on any atom is -0.497 e. The van der Waals surface area contributed by atoms with Crippen LogP contribution in [0.4, 0.5) is 11.4 Å². The lowest BCUT2D eigenvalue weighted by molar-refractivity contribution is -0.120. The van der Waals surface area contributed by atoms with E-state index in [1.54, 1.807) is 62.7 Å². The van der Waals surface area contributed by atoms with Gasteiger partial charge in [-0.15, -0.1) is 0 Å². The van der Waals surface area contributed by atoms with E-state index in [0.717, 1.165) is 0 Å². The van der Waals surface area contributed by atoms with Gasteiger partial charge in [0.25, 0.3) is 15.9 Å². The number of nitrogens with one attached hydrogen (secondary N) is 1. The van der Waals surface area contributed by atoms with Crippen LogP contribution in [0.3, 0.4) is 0 Å². The smallest absolute Gasteiger partial charge is 0.264 e. The number of hydrogen-bond acceptors (Lipinski definition) is 5. The average molecular weight is 495 g/mol. The minimum absolute atomic E-state index is 0.0496. The topological polar surface area (TPSA) is 84.9 Å². The molecule has 3 aromatic carbocycles. The summed E-state index contributed by atoms with van der Waals surface area (Å²) >= 11 is 12.0. The van der Waals surface area contributed by atoms with E-state index in [1.165, 1.54) is 23.1 Å². The van der Waals surface area contributed by atoms with Crippen molar-refractivity contribution < 1.29 is 22.7 Å². The fraction of sp³-hybridized carbons (Fsp3) is 0.136. The van der Waals surface area contributed by atoms with Gasteiger partial charge in [-0.05, 0) is 66.7 Å². The van der Waals surface area contributed by atoms with E-state index in [9.17, 15) is 13.2 Å². The third-order valence-electron chi connectivity index (χ3n) is 4.50. The lowest BCUT2D eigenvalue weighted by Crippen LogP contribution is -2.31. The van der Waals surface area contributed by atoms with E-state index >= 15 is 0 Å². The third-order valence-corrected chi connectivity index (χ3v) is 6.42. The van der Waals surface area contributed by atoms with Crippen LogP contribution in [0.15, 0.2) is 71.6 Å². The van der Waals surface area contributed by atoms with Crippen molar-refractivity contribution in [3.63, 3.8) is 0 Å². The Morgan fingerprint density at radius 2 is 1.66 bits per heavy atom. The Morgan fingerprint density at radius 1 is 1.00 bits per heavy atom. The summed E-state index contributed by atoms with van der Waals surface area (Å²) in [5.41, 5.74) is 1.03. The van der Waals surface area contributed by atoms with Gasteiger partial charge >= 0.3 is 0 Å². The highest BCUT2D eigenvalue weighted by atomic mass is 35.5. The molecular formula is C22H20Cl2N2O5S. The van der Waals surface area contributed by atoms with E-state index in [2.05, 4.69) is 4.72 Å². The molecule has 7 nitrogen and oxygen atoms in total. The van der Waals surface area contributed by atoms with E-state index < -0.39 is 10.0 Å². The molecule has 168 valence electrons. The van der Waals surface area contributed by atoms with Crippen LogP contribution in [0.25, 0.3) is 0 Å². The third kappa shape index (κ3) is 5.85. The molecule has 32 heavy (non-hydrogen) atoms. The second kappa shape index (κ2) is 10.1. The number of benzene rings is 3. The normalized spacial score (nSPS) is 11.0. The van der Waals surface area contributed by atoms with Crippen molar-refractivity contribution in [2.75, 3.05) is 30.4 Å². The number of methoxy groups -OCH3 is 1. The highest BCUT2D eigenvalue weighted by Gasteiger charge is 2.18. The predicted molar refractivity (Wildman–Crippen MR) is 126 cm³/mol. The van der Waals surface area contributed by atoms with Crippen LogP contribution < -0.4 is 19.1 Å². The van der Waals surface area contributed by atoms with Gasteiger partial charge in [-0.1, -0.05) is 23.2 Å². The maximum Gasteiger partial charge on any atom is 0.264 e. The highest BCUT2D eigenvalue weighted by Crippen LogP contribution is 2.29. The monoisotopic (exact) mass is 494 g/mol. The average Bonchev–Trinajstić information content (AvgIpc) is 2.79. The summed E-state index contributed by atoms with van der Waals surface area (Å²) in [4.78, 5) is 13.8. The zero-order valence-electron chi connectivity index (χ0n) is 17.2. The number of ether oxygens (including phenoxy) is 2. The summed E-state index contributed by atoms with van der Waals surface area (Å²) in [7, 11) is -0.691. The van der Waals surface area contributed by atoms with Crippen molar-refractivity contribution in [2.24, 2.45) is 0 Å². The molecule has 10 heteroatoms. The zero-order chi connectivity index (χ0) is 23.3. The molecule has 0 aliphatic heterocycles. The molecule has 0 spiro atoms. The Balaban J connectivity index is 1.65. The second-order valence-electron chi connectivity index (χ2n) is 6.64. The first kappa shape index (κ1) is 23.7. The van der Waals surface area contributed by atoms with Crippen LogP contribution in [0.1, 0.15) is 0 Å². The molecular weight excluding hydrogens is 475 g/mol. The molecule has 0 fully saturated rings. The van der Waals surface area contributed by atoms with Crippen LogP contribution in [0.2, 0.25) is 10.0 Å². The summed E-state index contributed by atoms with van der Waals surface area (Å²) in [5, 5.41) is 0.550. The molecule has 0 aliphatic rings. The van der Waals surface area contributed by atoms with Gasteiger partial charge in [0.05, 0.1) is 17.0 Å². The Labute approximate surface area is 196 Å². The van der Waals surface area contributed by atoms with Gasteiger partial charge in [0.15, 0.2) is 6.61 Å². The van der Waals surface area contributed by atoms with Gasteiger partial charge in [-0.2, -0.15) is 0 Å². The number of carbonyl (C=O) groups is 1. The first-order valence-corrected chi connectivity index (χ1v) is 11.5. The predicted octanol–water partition coefficient (Wildman–Crippen LogP) is 4.84. The molecule has 0 aliphatic carbocycles. The van der Waals surface area contributed by atoms with E-state index in [-0.39, 0.29) is 28.2 Å². The van der Waals surface area contributed by atoms with Crippen molar-refractivity contribution in [2.45, 2.75) is 4.90 Å². The van der Waals surface area contributed by atoms with E-state index in [1.807, 2.05) is 0 Å². The number of halogens is 2. The number of sulfonamides is 1. The van der Waals surface area contributed by atoms with Gasteiger partial charge in [-0.3, -0.25) is 9.52 Å². The van der Waals surface area contributed by atoms with Crippen LogP contribution in [-0.2, 0) is 14.8 Å². The molecule has 1 amide bonds. The maximum atomic E-state index is 12.6. The molecule has 0 bridgehead atoms. The highest BCUT2D eigenvalue weighted by molar-refractivity contribution is 7.92. The molecule has 0 saturated carbocycles. The molecule has 0 heterocycles. The summed E-state index contributed by atoms with van der Waals surface area (Å²) in [6, 6.07) is 17.2. The first-order chi connectivity index (χ1) is 15.2. The van der Waals surface area contributed by atoms with Gasteiger partial charge in [0.2, 0.25) is 0 Å². The number of carbonyl (C=O) groups excluding carboxylic acids is 1. The van der Waals surface area contributed by atoms with E-state index in [4.69, 9.17) is 32.7 Å². The van der Waals surface area contributed by atoms with Crippen molar-refractivity contribution in [1.29, 1.82) is 0 Å². The lowest BCUT2D eigenvalue weighted by atomic mass is 10.3. The Kier molecular flexibility index (Phi) is 7.50. The number of hydrogen-bond donors (Lipinski definition) is 1. The number of likely N-dealkylation sites (N-methyl/N-ethyl adjacent to an activating group) is 1. The first-order valence-electron chi connectivity index (χ1n) is 9.31. The van der Waals surface area contributed by atoms with Crippen molar-refractivity contribution in [3.05, 3.63) is 76.8 Å². The SMILES string of the molecule is COc1ccc(N(C)C(=O)COc2ccc(S(=O)(=O)Nc3ccc(Cl)cc3)cc2Cl)cc1. The number of amides is 1. The molecule has 3 aromatic rings. The summed E-state index contributed by atoms with van der Waals surface area (Å²) < 4.78 is 38.2. The Bertz CT molecular complexity index is 1200. The van der Waals surface area contributed by atoms with E-state index in [0.29, 0.717) is 22.1 Å². The van der Waals surface area contributed by atoms with Gasteiger partial charge in [-0.25, -0.2) is 8.42 Å². The molecule has 3 rings (SSSR count). The molecule has 0 aromatic heterocycles. The molecule has 0 atom stereocenters. The van der Waals surface area contributed by atoms with Gasteiger partial charge < -0.3 is 14.4 Å². The number of nitrogens with zero attached hydrogens (tertiary/aromatic N) is 1. The molecule has 0 saturated heterocycles. The molecule has 0 radical (unpaired) electrons. The zero-order valence-corrected chi connectivity index (χ0v) is 19.5. The van der Waals surface area contributed by atoms with Crippen LogP contribution >= 0.6 is 23.2 Å². The number of anilines is 2. The summed E-state index contributed by atoms with van der Waals surface area (Å²) in [5.74, 6) is 0.555. The van der Waals surface area contributed by atoms with Crippen LogP contribution in [0.5, 0.6) is 11.5 Å². The van der Waals surface area contributed by atoms with Crippen molar-refractivity contribution in [1.82, 2.24) is 0 Å². The quantitative estimate of drug-likeness (QED) is 0.483. The number of rotatable bonds is 8. The Morgan fingerprint density at radius 3 is 2.25 bits per heavy atom. The van der Waals surface area contributed by atoms with Crippen molar-refractivity contribution >= 4 is 50.5 Å². The Hall–Kier alpha value is -2.94. The standard InChI is InChI=1S/C22H20Cl2N2O5S/c1-26(17-7-9-18(30-2)10-8-17)22(27)14-31-21-12-11-19(13-20(21)24)32(28,29)25-16-5-3-15(23)4-6-16/h3-13,25H,14H2,1-2H3. The van der Waals surface area contributed by atoms with Crippen LogP contribution in [0, 0.1) is 0 Å². The summed E-state index contributed by atoms with van der Waals surface area (Å²) in [6.45, 7) is -0.280. The molecule has 1 N–H and O–H groups in total. The van der Waals surface area contributed by atoms with Crippen molar-refractivity contribution in [3.8, 4) is 11.5 Å². The van der Waals surface area contributed by atoms with Gasteiger partial charge in [0, 0.05) is 23.4 Å². The minimum atomic E-state index is -3.87. The fourth-order valence-corrected chi connectivity index (χ4v) is 4.19. The maximum absolute atomic E-state index is 12.6. The second-order valence-corrected chi connectivity index (χ2v) is 9.17.